The summed E-state index contributed by atoms with van der Waals surface area (Å²) in [6, 6.07) is 14.0. The maximum absolute atomic E-state index is 11.9. The number of methoxy groups -OCH3 is 2. The Hall–Kier alpha value is -2.69. The van der Waals surface area contributed by atoms with Gasteiger partial charge < -0.3 is 20.1 Å². The second kappa shape index (κ2) is 6.47. The van der Waals surface area contributed by atoms with Crippen molar-refractivity contribution < 1.29 is 14.3 Å². The second-order valence-corrected chi connectivity index (χ2v) is 4.04. The molecule has 0 aliphatic rings. The molecule has 2 rings (SSSR count). The second-order valence-electron chi connectivity index (χ2n) is 4.04. The Labute approximate surface area is 117 Å². The van der Waals surface area contributed by atoms with E-state index in [1.165, 1.54) is 0 Å². The van der Waals surface area contributed by atoms with Gasteiger partial charge in [0, 0.05) is 23.5 Å². The van der Waals surface area contributed by atoms with Crippen LogP contribution in [0.5, 0.6) is 11.5 Å². The number of benzene rings is 2. The van der Waals surface area contributed by atoms with Crippen LogP contribution in [0.3, 0.4) is 0 Å². The highest BCUT2D eigenvalue weighted by Crippen LogP contribution is 2.19. The fraction of sp³-hybridized carbons (Fsp3) is 0.133. The first-order chi connectivity index (χ1) is 9.71. The number of hydrogen-bond donors (Lipinski definition) is 2. The summed E-state index contributed by atoms with van der Waals surface area (Å²) in [6.07, 6.45) is 0. The number of rotatable bonds is 4. The molecule has 0 aliphatic heterocycles. The van der Waals surface area contributed by atoms with Crippen LogP contribution < -0.4 is 20.1 Å². The molecule has 0 saturated carbocycles. The van der Waals surface area contributed by atoms with Crippen molar-refractivity contribution in [1.82, 2.24) is 0 Å². The minimum absolute atomic E-state index is 0.327. The third kappa shape index (κ3) is 3.65. The van der Waals surface area contributed by atoms with E-state index in [9.17, 15) is 4.79 Å². The van der Waals surface area contributed by atoms with Gasteiger partial charge in [-0.1, -0.05) is 12.1 Å². The van der Waals surface area contributed by atoms with Gasteiger partial charge in [0.25, 0.3) is 0 Å². The Morgan fingerprint density at radius 2 is 1.30 bits per heavy atom. The molecule has 0 spiro atoms. The molecule has 0 aliphatic carbocycles. The van der Waals surface area contributed by atoms with Crippen molar-refractivity contribution in [2.24, 2.45) is 0 Å². The Bertz CT molecular complexity index is 548. The molecule has 0 saturated heterocycles. The molecule has 2 amide bonds. The van der Waals surface area contributed by atoms with E-state index in [2.05, 4.69) is 10.6 Å². The first-order valence-corrected chi connectivity index (χ1v) is 6.07. The molecule has 20 heavy (non-hydrogen) atoms. The Balaban J connectivity index is 2.01. The molecule has 5 nitrogen and oxygen atoms in total. The average Bonchev–Trinajstić information content (AvgIpc) is 2.47. The summed E-state index contributed by atoms with van der Waals surface area (Å²) >= 11 is 0. The van der Waals surface area contributed by atoms with Gasteiger partial charge in [0.15, 0.2) is 0 Å². The van der Waals surface area contributed by atoms with Gasteiger partial charge in [-0.3, -0.25) is 0 Å². The lowest BCUT2D eigenvalue weighted by molar-refractivity contribution is 0.262. The highest BCUT2D eigenvalue weighted by atomic mass is 16.5. The van der Waals surface area contributed by atoms with Crippen molar-refractivity contribution in [1.29, 1.82) is 0 Å². The summed E-state index contributed by atoms with van der Waals surface area (Å²) in [7, 11) is 3.16. The van der Waals surface area contributed by atoms with E-state index in [0.29, 0.717) is 22.9 Å². The first-order valence-electron chi connectivity index (χ1n) is 6.07. The third-order valence-electron chi connectivity index (χ3n) is 2.66. The molecule has 2 N–H and O–H groups in total. The van der Waals surface area contributed by atoms with Crippen LogP contribution in [0.2, 0.25) is 0 Å². The Kier molecular flexibility index (Phi) is 4.44. The Morgan fingerprint density at radius 3 is 1.70 bits per heavy atom. The largest absolute Gasteiger partial charge is 0.497 e. The summed E-state index contributed by atoms with van der Waals surface area (Å²) in [5.74, 6) is 1.37. The lowest BCUT2D eigenvalue weighted by atomic mass is 10.3. The lowest BCUT2D eigenvalue weighted by Gasteiger charge is -2.09. The van der Waals surface area contributed by atoms with Crippen molar-refractivity contribution in [3.63, 3.8) is 0 Å². The zero-order valence-electron chi connectivity index (χ0n) is 11.3. The van der Waals surface area contributed by atoms with E-state index < -0.39 is 0 Å². The number of amides is 2. The summed E-state index contributed by atoms with van der Waals surface area (Å²) in [5.41, 5.74) is 1.31. The van der Waals surface area contributed by atoms with Crippen LogP contribution in [-0.4, -0.2) is 20.3 Å². The number of ether oxygens (including phenoxy) is 2. The molecule has 2 aromatic rings. The fourth-order valence-corrected chi connectivity index (χ4v) is 1.70. The van der Waals surface area contributed by atoms with Crippen LogP contribution in [0.25, 0.3) is 0 Å². The minimum Gasteiger partial charge on any atom is -0.497 e. The molecule has 104 valence electrons. The van der Waals surface area contributed by atoms with Gasteiger partial charge >= 0.3 is 6.03 Å². The van der Waals surface area contributed by atoms with Crippen LogP contribution in [0, 0.1) is 0 Å². The number of nitrogens with one attached hydrogen (secondary N) is 2. The Morgan fingerprint density at radius 1 is 0.850 bits per heavy atom. The molecular weight excluding hydrogens is 256 g/mol. The van der Waals surface area contributed by atoms with Crippen LogP contribution in [0.4, 0.5) is 16.2 Å². The number of carbonyl (C=O) groups excluding carboxylic acids is 1. The minimum atomic E-state index is -0.327. The molecule has 0 bridgehead atoms. The quantitative estimate of drug-likeness (QED) is 0.897. The number of carbonyl (C=O) groups is 1. The first kappa shape index (κ1) is 13.7. The van der Waals surface area contributed by atoms with E-state index in [1.54, 1.807) is 50.6 Å². The van der Waals surface area contributed by atoms with E-state index in [4.69, 9.17) is 9.47 Å². The summed E-state index contributed by atoms with van der Waals surface area (Å²) < 4.78 is 10.2. The molecule has 0 unspecified atom stereocenters. The van der Waals surface area contributed by atoms with Gasteiger partial charge in [-0.15, -0.1) is 0 Å². The van der Waals surface area contributed by atoms with E-state index in [0.717, 1.165) is 0 Å². The zero-order chi connectivity index (χ0) is 14.4. The fourth-order valence-electron chi connectivity index (χ4n) is 1.70. The molecule has 0 fully saturated rings. The molecular formula is C15H16N2O3. The highest BCUT2D eigenvalue weighted by Gasteiger charge is 2.04. The van der Waals surface area contributed by atoms with Gasteiger partial charge in [-0.25, -0.2) is 4.79 Å². The molecule has 0 radical (unpaired) electrons. The van der Waals surface area contributed by atoms with E-state index in [1.807, 2.05) is 12.1 Å². The number of anilines is 2. The highest BCUT2D eigenvalue weighted by molar-refractivity contribution is 5.99. The molecule has 0 aromatic heterocycles. The predicted molar refractivity (Wildman–Crippen MR) is 78.6 cm³/mol. The van der Waals surface area contributed by atoms with Crippen molar-refractivity contribution >= 4 is 17.4 Å². The molecule has 2 aromatic carbocycles. The van der Waals surface area contributed by atoms with E-state index >= 15 is 0 Å². The van der Waals surface area contributed by atoms with Gasteiger partial charge in [0.05, 0.1) is 14.2 Å². The molecule has 5 heteroatoms. The lowest BCUT2D eigenvalue weighted by Crippen LogP contribution is -2.19. The SMILES string of the molecule is COc1cccc(NC(=O)Nc2cccc(OC)c2)c1. The summed E-state index contributed by atoms with van der Waals surface area (Å²) in [6.45, 7) is 0. The molecule has 0 atom stereocenters. The van der Waals surface area contributed by atoms with Gasteiger partial charge in [0.2, 0.25) is 0 Å². The van der Waals surface area contributed by atoms with Crippen molar-refractivity contribution in [3.05, 3.63) is 48.5 Å². The van der Waals surface area contributed by atoms with Gasteiger partial charge in [-0.05, 0) is 24.3 Å². The van der Waals surface area contributed by atoms with Crippen LogP contribution in [0.15, 0.2) is 48.5 Å². The number of hydrogen-bond acceptors (Lipinski definition) is 3. The van der Waals surface area contributed by atoms with Gasteiger partial charge in [0.1, 0.15) is 11.5 Å². The standard InChI is InChI=1S/C15H16N2O3/c1-19-13-7-3-5-11(9-13)16-15(18)17-12-6-4-8-14(10-12)20-2/h3-10H,1-2H3,(H2,16,17,18). The zero-order valence-corrected chi connectivity index (χ0v) is 11.3. The van der Waals surface area contributed by atoms with E-state index in [-0.39, 0.29) is 6.03 Å². The molecule has 0 heterocycles. The average molecular weight is 272 g/mol. The smallest absolute Gasteiger partial charge is 0.323 e. The maximum Gasteiger partial charge on any atom is 0.323 e. The van der Waals surface area contributed by atoms with Crippen molar-refractivity contribution in [3.8, 4) is 11.5 Å². The number of urea groups is 1. The normalized spacial score (nSPS) is 9.70. The van der Waals surface area contributed by atoms with Crippen LogP contribution >= 0.6 is 0 Å². The topological polar surface area (TPSA) is 59.6 Å². The van der Waals surface area contributed by atoms with Crippen molar-refractivity contribution in [2.45, 2.75) is 0 Å². The van der Waals surface area contributed by atoms with Crippen LogP contribution in [-0.2, 0) is 0 Å². The monoisotopic (exact) mass is 272 g/mol. The summed E-state index contributed by atoms with van der Waals surface area (Å²) in [5, 5.41) is 5.46. The van der Waals surface area contributed by atoms with Gasteiger partial charge in [-0.2, -0.15) is 0 Å². The van der Waals surface area contributed by atoms with Crippen LogP contribution in [0.1, 0.15) is 0 Å². The predicted octanol–water partition coefficient (Wildman–Crippen LogP) is 3.35. The maximum atomic E-state index is 11.9. The summed E-state index contributed by atoms with van der Waals surface area (Å²) in [4.78, 5) is 11.9. The van der Waals surface area contributed by atoms with Crippen molar-refractivity contribution in [2.75, 3.05) is 24.9 Å². The third-order valence-corrected chi connectivity index (χ3v) is 2.66.